The second-order valence-corrected chi connectivity index (χ2v) is 4.74. The summed E-state index contributed by atoms with van der Waals surface area (Å²) in [5.41, 5.74) is 0.592. The van der Waals surface area contributed by atoms with Crippen LogP contribution in [0.5, 0.6) is 0 Å². The third kappa shape index (κ3) is 3.57. The van der Waals surface area contributed by atoms with Crippen molar-refractivity contribution in [3.05, 3.63) is 36.5 Å². The summed E-state index contributed by atoms with van der Waals surface area (Å²) in [4.78, 5) is 18.2. The molecule has 108 valence electrons. The Morgan fingerprint density at radius 2 is 2.50 bits per heavy atom. The SMILES string of the molecule is C=CCOC1CCN(c2ccc(C(=O)NCC)cn2)C1. The van der Waals surface area contributed by atoms with Crippen molar-refractivity contribution >= 4 is 11.7 Å². The molecule has 0 aromatic carbocycles. The van der Waals surface area contributed by atoms with Gasteiger partial charge in [-0.05, 0) is 25.5 Å². The fourth-order valence-corrected chi connectivity index (χ4v) is 2.25. The number of rotatable bonds is 6. The highest BCUT2D eigenvalue weighted by molar-refractivity contribution is 5.93. The van der Waals surface area contributed by atoms with Crippen LogP contribution in [0.3, 0.4) is 0 Å². The van der Waals surface area contributed by atoms with Crippen LogP contribution in [0.4, 0.5) is 5.82 Å². The molecule has 1 aromatic heterocycles. The maximum Gasteiger partial charge on any atom is 0.252 e. The fourth-order valence-electron chi connectivity index (χ4n) is 2.25. The van der Waals surface area contributed by atoms with Crippen molar-refractivity contribution < 1.29 is 9.53 Å². The van der Waals surface area contributed by atoms with E-state index in [0.717, 1.165) is 25.3 Å². The van der Waals surface area contributed by atoms with Crippen molar-refractivity contribution in [2.75, 3.05) is 31.1 Å². The summed E-state index contributed by atoms with van der Waals surface area (Å²) in [6, 6.07) is 3.70. The van der Waals surface area contributed by atoms with Crippen LogP contribution in [0, 0.1) is 0 Å². The van der Waals surface area contributed by atoms with E-state index in [9.17, 15) is 4.79 Å². The molecule has 1 fully saturated rings. The zero-order chi connectivity index (χ0) is 14.4. The topological polar surface area (TPSA) is 54.5 Å². The van der Waals surface area contributed by atoms with E-state index in [1.165, 1.54) is 0 Å². The van der Waals surface area contributed by atoms with E-state index < -0.39 is 0 Å². The minimum Gasteiger partial charge on any atom is -0.372 e. The Morgan fingerprint density at radius 1 is 1.65 bits per heavy atom. The Hall–Kier alpha value is -1.88. The average Bonchev–Trinajstić information content (AvgIpc) is 2.94. The summed E-state index contributed by atoms with van der Waals surface area (Å²) in [6.45, 7) is 8.51. The highest BCUT2D eigenvalue weighted by atomic mass is 16.5. The molecule has 2 rings (SSSR count). The van der Waals surface area contributed by atoms with E-state index in [-0.39, 0.29) is 12.0 Å². The van der Waals surface area contributed by atoms with Crippen molar-refractivity contribution in [1.82, 2.24) is 10.3 Å². The summed E-state index contributed by atoms with van der Waals surface area (Å²) < 4.78 is 5.65. The van der Waals surface area contributed by atoms with Gasteiger partial charge in [-0.1, -0.05) is 6.08 Å². The zero-order valence-corrected chi connectivity index (χ0v) is 11.8. The molecule has 20 heavy (non-hydrogen) atoms. The van der Waals surface area contributed by atoms with Crippen LogP contribution in [0.25, 0.3) is 0 Å². The first kappa shape index (κ1) is 14.5. The Kier molecular flexibility index (Phi) is 5.12. The van der Waals surface area contributed by atoms with Gasteiger partial charge in [-0.2, -0.15) is 0 Å². The molecular formula is C15H21N3O2. The molecule has 5 nitrogen and oxygen atoms in total. The Bertz CT molecular complexity index is 459. The third-order valence-corrected chi connectivity index (χ3v) is 3.27. The van der Waals surface area contributed by atoms with Crippen molar-refractivity contribution in [2.24, 2.45) is 0 Å². The number of ether oxygens (including phenoxy) is 1. The largest absolute Gasteiger partial charge is 0.372 e. The normalized spacial score (nSPS) is 18.1. The number of hydrogen-bond donors (Lipinski definition) is 1. The fraction of sp³-hybridized carbons (Fsp3) is 0.467. The minimum absolute atomic E-state index is 0.0832. The smallest absolute Gasteiger partial charge is 0.252 e. The van der Waals surface area contributed by atoms with Gasteiger partial charge in [0, 0.05) is 25.8 Å². The van der Waals surface area contributed by atoms with Gasteiger partial charge in [0.25, 0.3) is 5.91 Å². The third-order valence-electron chi connectivity index (χ3n) is 3.27. The van der Waals surface area contributed by atoms with E-state index >= 15 is 0 Å². The van der Waals surface area contributed by atoms with E-state index in [1.54, 1.807) is 12.3 Å². The number of nitrogens with zero attached hydrogens (tertiary/aromatic N) is 2. The number of carbonyl (C=O) groups is 1. The highest BCUT2D eigenvalue weighted by Crippen LogP contribution is 2.20. The van der Waals surface area contributed by atoms with Gasteiger partial charge < -0.3 is 15.0 Å². The number of anilines is 1. The van der Waals surface area contributed by atoms with Gasteiger partial charge in [-0.25, -0.2) is 4.98 Å². The molecule has 1 aromatic rings. The van der Waals surface area contributed by atoms with Crippen LogP contribution in [0.2, 0.25) is 0 Å². The average molecular weight is 275 g/mol. The number of aromatic nitrogens is 1. The maximum absolute atomic E-state index is 11.7. The maximum atomic E-state index is 11.7. The van der Waals surface area contributed by atoms with Crippen LogP contribution >= 0.6 is 0 Å². The van der Waals surface area contributed by atoms with Gasteiger partial charge in [0.15, 0.2) is 0 Å². The lowest BCUT2D eigenvalue weighted by molar-refractivity contribution is 0.0908. The number of pyridine rings is 1. The van der Waals surface area contributed by atoms with Crippen LogP contribution in [0.15, 0.2) is 31.0 Å². The van der Waals surface area contributed by atoms with Crippen LogP contribution < -0.4 is 10.2 Å². The molecule has 5 heteroatoms. The minimum atomic E-state index is -0.0832. The monoisotopic (exact) mass is 275 g/mol. The van der Waals surface area contributed by atoms with Crippen LogP contribution in [0.1, 0.15) is 23.7 Å². The highest BCUT2D eigenvalue weighted by Gasteiger charge is 2.23. The van der Waals surface area contributed by atoms with Gasteiger partial charge in [0.05, 0.1) is 18.3 Å². The summed E-state index contributed by atoms with van der Waals surface area (Å²) >= 11 is 0. The van der Waals surface area contributed by atoms with Crippen molar-refractivity contribution in [1.29, 1.82) is 0 Å². The first-order valence-corrected chi connectivity index (χ1v) is 6.96. The molecule has 0 bridgehead atoms. The molecule has 1 amide bonds. The van der Waals surface area contributed by atoms with Gasteiger partial charge in [-0.3, -0.25) is 4.79 Å². The van der Waals surface area contributed by atoms with E-state index in [2.05, 4.69) is 21.8 Å². The van der Waals surface area contributed by atoms with Crippen molar-refractivity contribution in [3.63, 3.8) is 0 Å². The van der Waals surface area contributed by atoms with Crippen molar-refractivity contribution in [3.8, 4) is 0 Å². The van der Waals surface area contributed by atoms with E-state index in [4.69, 9.17) is 4.74 Å². The van der Waals surface area contributed by atoms with Gasteiger partial charge in [0.2, 0.25) is 0 Å². The molecule has 1 N–H and O–H groups in total. The number of amides is 1. The van der Waals surface area contributed by atoms with Crippen LogP contribution in [-0.2, 0) is 4.74 Å². The second kappa shape index (κ2) is 7.05. The second-order valence-electron chi connectivity index (χ2n) is 4.74. The van der Waals surface area contributed by atoms with Gasteiger partial charge in [-0.15, -0.1) is 6.58 Å². The molecule has 1 aliphatic rings. The molecular weight excluding hydrogens is 254 g/mol. The lowest BCUT2D eigenvalue weighted by Crippen LogP contribution is -2.25. The molecule has 0 aliphatic carbocycles. The molecule has 0 saturated carbocycles. The zero-order valence-electron chi connectivity index (χ0n) is 11.8. The molecule has 1 unspecified atom stereocenters. The molecule has 1 aliphatic heterocycles. The lowest BCUT2D eigenvalue weighted by Gasteiger charge is -2.17. The quantitative estimate of drug-likeness (QED) is 0.801. The Balaban J connectivity index is 1.94. The first-order chi connectivity index (χ1) is 9.74. The predicted octanol–water partition coefficient (Wildman–Crippen LogP) is 1.61. The summed E-state index contributed by atoms with van der Waals surface area (Å²) in [5, 5.41) is 2.76. The molecule has 0 radical (unpaired) electrons. The Morgan fingerprint density at radius 3 is 3.15 bits per heavy atom. The molecule has 1 atom stereocenters. The standard InChI is InChI=1S/C15H21N3O2/c1-3-9-20-13-7-8-18(11-13)14-6-5-12(10-17-14)15(19)16-4-2/h3,5-6,10,13H,1,4,7-9,11H2,2H3,(H,16,19). The van der Waals surface area contributed by atoms with Crippen molar-refractivity contribution in [2.45, 2.75) is 19.4 Å². The molecule has 2 heterocycles. The summed E-state index contributed by atoms with van der Waals surface area (Å²) in [7, 11) is 0. The lowest BCUT2D eigenvalue weighted by atomic mass is 10.2. The predicted molar refractivity (Wildman–Crippen MR) is 79.0 cm³/mol. The number of carbonyl (C=O) groups excluding carboxylic acids is 1. The van der Waals surface area contributed by atoms with E-state index in [1.807, 2.05) is 19.1 Å². The first-order valence-electron chi connectivity index (χ1n) is 6.96. The van der Waals surface area contributed by atoms with E-state index in [0.29, 0.717) is 18.7 Å². The van der Waals surface area contributed by atoms with Crippen LogP contribution in [-0.4, -0.2) is 43.2 Å². The number of nitrogens with one attached hydrogen (secondary N) is 1. The van der Waals surface area contributed by atoms with Gasteiger partial charge in [0.1, 0.15) is 5.82 Å². The Labute approximate surface area is 119 Å². The molecule has 1 saturated heterocycles. The summed E-state index contributed by atoms with van der Waals surface area (Å²) in [6.07, 6.45) is 4.62. The number of hydrogen-bond acceptors (Lipinski definition) is 4. The van der Waals surface area contributed by atoms with Gasteiger partial charge >= 0.3 is 0 Å². The summed E-state index contributed by atoms with van der Waals surface area (Å²) in [5.74, 6) is 0.808. The molecule has 0 spiro atoms.